The molecule has 1 amide bonds. The number of hydrogen-bond acceptors (Lipinski definition) is 8. The molecule has 7 atom stereocenters. The minimum absolute atomic E-state index is 0.194. The number of rotatable bonds is 50. The quantitative estimate of drug-likeness (QED) is 0.0261. The monoisotopic (exact) mass is 1060 g/mol. The number of amides is 1. The topological polar surface area (TPSA) is 149 Å². The van der Waals surface area contributed by atoms with Crippen LogP contribution in [0.15, 0.2) is 134 Å². The van der Waals surface area contributed by atoms with Crippen molar-refractivity contribution in [2.45, 2.75) is 269 Å². The van der Waals surface area contributed by atoms with Gasteiger partial charge in [0.1, 0.15) is 24.4 Å². The summed E-state index contributed by atoms with van der Waals surface area (Å²) in [6.07, 6.45) is 76.8. The number of ether oxygens (including phenoxy) is 2. The van der Waals surface area contributed by atoms with Crippen LogP contribution in [0.3, 0.4) is 0 Å². The Morgan fingerprint density at radius 1 is 0.461 bits per heavy atom. The number of carbonyl (C=O) groups is 1. The van der Waals surface area contributed by atoms with Crippen LogP contribution in [0, 0.1) is 0 Å². The van der Waals surface area contributed by atoms with Crippen molar-refractivity contribution in [2.24, 2.45) is 0 Å². The molecule has 0 saturated carbocycles. The first kappa shape index (κ1) is 70.3. The van der Waals surface area contributed by atoms with Crippen molar-refractivity contribution in [3.63, 3.8) is 0 Å². The zero-order valence-corrected chi connectivity index (χ0v) is 48.0. The maximum Gasteiger partial charge on any atom is 0.220 e. The fourth-order valence-corrected chi connectivity index (χ4v) is 8.69. The number of unbranched alkanes of at least 4 members (excludes halogenated alkanes) is 20. The summed E-state index contributed by atoms with van der Waals surface area (Å²) in [5.41, 5.74) is 0. The molecule has 76 heavy (non-hydrogen) atoms. The van der Waals surface area contributed by atoms with Gasteiger partial charge in [-0.25, -0.2) is 0 Å². The summed E-state index contributed by atoms with van der Waals surface area (Å²) >= 11 is 0. The van der Waals surface area contributed by atoms with E-state index in [-0.39, 0.29) is 12.5 Å². The maximum absolute atomic E-state index is 13.0. The van der Waals surface area contributed by atoms with Crippen molar-refractivity contribution >= 4 is 5.91 Å². The van der Waals surface area contributed by atoms with E-state index in [4.69, 9.17) is 9.47 Å². The van der Waals surface area contributed by atoms with E-state index in [1.807, 2.05) is 6.08 Å². The fourth-order valence-electron chi connectivity index (χ4n) is 8.69. The second-order valence-corrected chi connectivity index (χ2v) is 20.4. The zero-order valence-electron chi connectivity index (χ0n) is 48.0. The van der Waals surface area contributed by atoms with Gasteiger partial charge in [0.05, 0.1) is 25.4 Å². The van der Waals surface area contributed by atoms with Gasteiger partial charge in [-0.1, -0.05) is 250 Å². The van der Waals surface area contributed by atoms with Crippen molar-refractivity contribution in [2.75, 3.05) is 13.2 Å². The van der Waals surface area contributed by atoms with Gasteiger partial charge in [0.15, 0.2) is 6.29 Å². The van der Waals surface area contributed by atoms with Gasteiger partial charge in [-0.15, -0.1) is 0 Å². The highest BCUT2D eigenvalue weighted by atomic mass is 16.7. The van der Waals surface area contributed by atoms with E-state index in [0.29, 0.717) is 6.42 Å². The molecule has 0 aliphatic carbocycles. The maximum atomic E-state index is 13.0. The first-order valence-corrected chi connectivity index (χ1v) is 30.4. The molecular formula is C67H111NO8. The Morgan fingerprint density at radius 2 is 0.829 bits per heavy atom. The second kappa shape index (κ2) is 54.7. The first-order chi connectivity index (χ1) is 37.3. The molecule has 0 bridgehead atoms. The van der Waals surface area contributed by atoms with Crippen LogP contribution in [-0.2, 0) is 14.3 Å². The van der Waals surface area contributed by atoms with Gasteiger partial charge in [0.25, 0.3) is 0 Å². The highest BCUT2D eigenvalue weighted by Crippen LogP contribution is 2.23. The lowest BCUT2D eigenvalue weighted by molar-refractivity contribution is -0.302. The summed E-state index contributed by atoms with van der Waals surface area (Å²) in [7, 11) is 0. The number of hydrogen-bond donors (Lipinski definition) is 6. The molecular weight excluding hydrogens is 947 g/mol. The molecule has 7 unspecified atom stereocenters. The number of carbonyl (C=O) groups excluding carboxylic acids is 1. The number of nitrogens with one attached hydrogen (secondary N) is 1. The van der Waals surface area contributed by atoms with Crippen molar-refractivity contribution < 1.29 is 39.8 Å². The average Bonchev–Trinajstić information content (AvgIpc) is 3.42. The van der Waals surface area contributed by atoms with Gasteiger partial charge in [0.2, 0.25) is 5.91 Å². The van der Waals surface area contributed by atoms with E-state index in [2.05, 4.69) is 141 Å². The molecule has 1 rings (SSSR count). The average molecular weight is 1060 g/mol. The van der Waals surface area contributed by atoms with Crippen molar-refractivity contribution in [3.05, 3.63) is 134 Å². The Hall–Kier alpha value is -3.67. The van der Waals surface area contributed by atoms with Crippen molar-refractivity contribution in [1.82, 2.24) is 5.32 Å². The molecule has 1 saturated heterocycles. The predicted molar refractivity (Wildman–Crippen MR) is 322 cm³/mol. The van der Waals surface area contributed by atoms with E-state index in [0.717, 1.165) is 96.3 Å². The standard InChI is InChI=1S/C67H111NO8/c1-3-5-7-9-11-13-15-17-18-19-20-21-22-23-24-25-26-27-28-29-30-31-32-33-34-35-36-37-38-39-40-41-42-43-44-45-47-49-51-53-55-57-63(71)68-60(59-75-67-66(74)65(73)64(72)62(58-69)76-67)61(70)56-54-52-50-48-46-16-14-12-10-8-6-4-2/h5,7,11,13,17-18,20-21,23-24,26-27,29-30,32-33,35-36,46,48,54,56,60-62,64-67,69-70,72-74H,3-4,6,8-10,12,14-16,19,22,25,28,31,34,37-45,47,49-53,55,57-59H2,1-2H3,(H,68,71)/b7-5-,13-11-,18-17-,21-20-,24-23-,27-26-,30-29-,33-32-,36-35-,48-46+,56-54+. The molecule has 1 aliphatic rings. The summed E-state index contributed by atoms with van der Waals surface area (Å²) in [6.45, 7) is 3.61. The summed E-state index contributed by atoms with van der Waals surface area (Å²) in [6, 6.07) is -0.829. The Labute approximate surface area is 464 Å². The molecule has 1 fully saturated rings. The van der Waals surface area contributed by atoms with Crippen LogP contribution in [0.2, 0.25) is 0 Å². The third-order valence-electron chi connectivity index (χ3n) is 13.5. The van der Waals surface area contributed by atoms with E-state index < -0.39 is 49.5 Å². The van der Waals surface area contributed by atoms with Crippen LogP contribution >= 0.6 is 0 Å². The summed E-state index contributed by atoms with van der Waals surface area (Å²) in [5.74, 6) is -0.194. The van der Waals surface area contributed by atoms with Gasteiger partial charge in [-0.05, 0) is 103 Å². The van der Waals surface area contributed by atoms with Gasteiger partial charge in [-0.3, -0.25) is 4.79 Å². The fraction of sp³-hybridized carbons (Fsp3) is 0.657. The lowest BCUT2D eigenvalue weighted by Crippen LogP contribution is -2.60. The van der Waals surface area contributed by atoms with Crippen LogP contribution in [0.25, 0.3) is 0 Å². The lowest BCUT2D eigenvalue weighted by atomic mass is 9.99. The van der Waals surface area contributed by atoms with Crippen LogP contribution in [0.1, 0.15) is 226 Å². The highest BCUT2D eigenvalue weighted by molar-refractivity contribution is 5.76. The third kappa shape index (κ3) is 43.3. The molecule has 0 aromatic rings. The zero-order chi connectivity index (χ0) is 55.0. The van der Waals surface area contributed by atoms with Gasteiger partial charge in [-0.2, -0.15) is 0 Å². The van der Waals surface area contributed by atoms with E-state index >= 15 is 0 Å². The molecule has 1 heterocycles. The van der Waals surface area contributed by atoms with Crippen LogP contribution in [0.5, 0.6) is 0 Å². The Morgan fingerprint density at radius 3 is 1.26 bits per heavy atom. The first-order valence-electron chi connectivity index (χ1n) is 30.4. The minimum Gasteiger partial charge on any atom is -0.394 e. The van der Waals surface area contributed by atoms with E-state index in [1.165, 1.54) is 109 Å². The largest absolute Gasteiger partial charge is 0.394 e. The predicted octanol–water partition coefficient (Wildman–Crippen LogP) is 15.7. The van der Waals surface area contributed by atoms with E-state index in [1.54, 1.807) is 6.08 Å². The lowest BCUT2D eigenvalue weighted by Gasteiger charge is -2.40. The molecule has 1 aliphatic heterocycles. The molecule has 0 spiro atoms. The van der Waals surface area contributed by atoms with Gasteiger partial charge < -0.3 is 40.3 Å². The van der Waals surface area contributed by atoms with Crippen molar-refractivity contribution in [1.29, 1.82) is 0 Å². The molecule has 9 nitrogen and oxygen atoms in total. The van der Waals surface area contributed by atoms with Gasteiger partial charge >= 0.3 is 0 Å². The molecule has 9 heteroatoms. The normalized spacial score (nSPS) is 19.8. The SMILES string of the molecule is CC/C=C\C/C=C\C/C=C\C/C=C\C/C=C\C/C=C\C/C=C\C/C=C\C/C=C\CCCCCCCCCCCCCCCC(=O)NC(COC1OC(CO)C(O)C(O)C1O)C(O)/C=C/CC/C=C/CCCCCCCC. The molecule has 0 radical (unpaired) electrons. The molecule has 0 aromatic heterocycles. The van der Waals surface area contributed by atoms with Crippen LogP contribution < -0.4 is 5.32 Å². The van der Waals surface area contributed by atoms with Gasteiger partial charge in [0, 0.05) is 6.42 Å². The van der Waals surface area contributed by atoms with E-state index in [9.17, 15) is 30.3 Å². The molecule has 432 valence electrons. The molecule has 0 aromatic carbocycles. The Bertz CT molecular complexity index is 1650. The Balaban J connectivity index is 2.11. The smallest absolute Gasteiger partial charge is 0.220 e. The Kier molecular flexibility index (Phi) is 50.6. The number of aliphatic hydroxyl groups excluding tert-OH is 5. The molecule has 6 N–H and O–H groups in total. The van der Waals surface area contributed by atoms with Crippen LogP contribution in [-0.4, -0.2) is 87.5 Å². The minimum atomic E-state index is -1.58. The number of allylic oxidation sites excluding steroid dienone is 21. The van der Waals surface area contributed by atoms with Crippen LogP contribution in [0.4, 0.5) is 0 Å². The highest BCUT2D eigenvalue weighted by Gasteiger charge is 2.44. The number of aliphatic hydroxyl groups is 5. The van der Waals surface area contributed by atoms with Crippen molar-refractivity contribution in [3.8, 4) is 0 Å². The second-order valence-electron chi connectivity index (χ2n) is 20.4. The summed E-state index contributed by atoms with van der Waals surface area (Å²) in [4.78, 5) is 13.0. The third-order valence-corrected chi connectivity index (χ3v) is 13.5. The summed E-state index contributed by atoms with van der Waals surface area (Å²) < 4.78 is 11.2. The summed E-state index contributed by atoms with van der Waals surface area (Å²) in [5, 5.41) is 54.3.